The second kappa shape index (κ2) is 5.56. The molecule has 1 saturated heterocycles. The van der Waals surface area contributed by atoms with E-state index in [0.29, 0.717) is 4.99 Å². The number of hydrogen-bond donors (Lipinski definition) is 2. The summed E-state index contributed by atoms with van der Waals surface area (Å²) in [7, 11) is 0. The van der Waals surface area contributed by atoms with Crippen molar-refractivity contribution in [1.82, 2.24) is 5.32 Å². The molecule has 14 heavy (non-hydrogen) atoms. The summed E-state index contributed by atoms with van der Waals surface area (Å²) in [6.07, 6.45) is 2.87. The Morgan fingerprint density at radius 1 is 1.79 bits per heavy atom. The number of nitrogens with two attached hydrogens (primary N) is 1. The van der Waals surface area contributed by atoms with Crippen molar-refractivity contribution in [1.29, 1.82) is 0 Å². The van der Waals surface area contributed by atoms with Crippen LogP contribution in [0, 0.1) is 0 Å². The van der Waals surface area contributed by atoms with Crippen LogP contribution in [0.5, 0.6) is 0 Å². The van der Waals surface area contributed by atoms with Crippen molar-refractivity contribution >= 4 is 34.9 Å². The molecular formula is C9H16N2OS2. The highest BCUT2D eigenvalue weighted by Crippen LogP contribution is 2.26. The Labute approximate surface area is 94.2 Å². The Balaban J connectivity index is 2.41. The van der Waals surface area contributed by atoms with Gasteiger partial charge in [0.05, 0.1) is 16.3 Å². The van der Waals surface area contributed by atoms with E-state index in [-0.39, 0.29) is 17.2 Å². The predicted octanol–water partition coefficient (Wildman–Crippen LogP) is 1.06. The van der Waals surface area contributed by atoms with Crippen molar-refractivity contribution in [3.8, 4) is 0 Å². The van der Waals surface area contributed by atoms with Gasteiger partial charge in [0.25, 0.3) is 0 Å². The second-order valence-electron chi connectivity index (χ2n) is 3.37. The van der Waals surface area contributed by atoms with E-state index in [9.17, 15) is 4.79 Å². The molecule has 3 N–H and O–H groups in total. The van der Waals surface area contributed by atoms with Gasteiger partial charge in [-0.15, -0.1) is 11.8 Å². The SMILES string of the molecule is CCC(NC(=O)C1CCCS1)C(N)=S. The summed E-state index contributed by atoms with van der Waals surface area (Å²) in [4.78, 5) is 12.1. The van der Waals surface area contributed by atoms with Crippen molar-refractivity contribution in [2.24, 2.45) is 5.73 Å². The van der Waals surface area contributed by atoms with Crippen LogP contribution < -0.4 is 11.1 Å². The molecule has 3 nitrogen and oxygen atoms in total. The molecule has 1 aliphatic heterocycles. The van der Waals surface area contributed by atoms with Crippen LogP contribution in [0.3, 0.4) is 0 Å². The van der Waals surface area contributed by atoms with Crippen LogP contribution in [0.1, 0.15) is 26.2 Å². The third-order valence-electron chi connectivity index (χ3n) is 2.29. The highest BCUT2D eigenvalue weighted by atomic mass is 32.2. The summed E-state index contributed by atoms with van der Waals surface area (Å²) >= 11 is 6.58. The van der Waals surface area contributed by atoms with Gasteiger partial charge < -0.3 is 11.1 Å². The molecular weight excluding hydrogens is 216 g/mol. The average Bonchev–Trinajstić information content (AvgIpc) is 2.65. The first-order valence-corrected chi connectivity index (χ1v) is 6.32. The lowest BCUT2D eigenvalue weighted by Gasteiger charge is -2.17. The smallest absolute Gasteiger partial charge is 0.233 e. The van der Waals surface area contributed by atoms with Crippen LogP contribution >= 0.6 is 24.0 Å². The molecule has 1 aliphatic rings. The maximum Gasteiger partial charge on any atom is 0.233 e. The molecule has 5 heteroatoms. The number of thioether (sulfide) groups is 1. The van der Waals surface area contributed by atoms with Gasteiger partial charge in [0.2, 0.25) is 5.91 Å². The van der Waals surface area contributed by atoms with Crippen molar-refractivity contribution in [2.45, 2.75) is 37.5 Å². The number of amides is 1. The van der Waals surface area contributed by atoms with Crippen LogP contribution in [-0.2, 0) is 4.79 Å². The maximum atomic E-state index is 11.7. The summed E-state index contributed by atoms with van der Waals surface area (Å²) in [6, 6.07) is -0.140. The fraction of sp³-hybridized carbons (Fsp3) is 0.778. The minimum atomic E-state index is -0.140. The van der Waals surface area contributed by atoms with E-state index in [2.05, 4.69) is 5.32 Å². The van der Waals surface area contributed by atoms with Gasteiger partial charge in [-0.2, -0.15) is 0 Å². The minimum absolute atomic E-state index is 0.0900. The summed E-state index contributed by atoms with van der Waals surface area (Å²) in [5.41, 5.74) is 5.50. The zero-order valence-corrected chi connectivity index (χ0v) is 9.92. The number of rotatable bonds is 4. The minimum Gasteiger partial charge on any atom is -0.392 e. The maximum absolute atomic E-state index is 11.7. The zero-order chi connectivity index (χ0) is 10.6. The molecule has 0 aromatic heterocycles. The van der Waals surface area contributed by atoms with Crippen LogP contribution in [0.4, 0.5) is 0 Å². The molecule has 1 heterocycles. The Bertz CT molecular complexity index is 227. The monoisotopic (exact) mass is 232 g/mol. The number of hydrogen-bond acceptors (Lipinski definition) is 3. The summed E-state index contributed by atoms with van der Waals surface area (Å²) in [5, 5.41) is 2.99. The standard InChI is InChI=1S/C9H16N2OS2/c1-2-6(8(10)13)11-9(12)7-4-3-5-14-7/h6-7H,2-5H2,1H3,(H2,10,13)(H,11,12). The highest BCUT2D eigenvalue weighted by molar-refractivity contribution is 8.00. The molecule has 0 bridgehead atoms. The lowest BCUT2D eigenvalue weighted by molar-refractivity contribution is -0.120. The molecule has 2 unspecified atom stereocenters. The predicted molar refractivity (Wildman–Crippen MR) is 64.5 cm³/mol. The first kappa shape index (κ1) is 11.8. The number of thiocarbonyl (C=S) groups is 1. The van der Waals surface area contributed by atoms with Crippen molar-refractivity contribution in [3.05, 3.63) is 0 Å². The topological polar surface area (TPSA) is 55.1 Å². The van der Waals surface area contributed by atoms with Gasteiger partial charge in [0, 0.05) is 0 Å². The van der Waals surface area contributed by atoms with Crippen LogP contribution in [0.15, 0.2) is 0 Å². The number of carbonyl (C=O) groups excluding carboxylic acids is 1. The summed E-state index contributed by atoms with van der Waals surface area (Å²) in [5.74, 6) is 1.18. The van der Waals surface area contributed by atoms with Gasteiger partial charge in [-0.25, -0.2) is 0 Å². The van der Waals surface area contributed by atoms with Crippen molar-refractivity contribution < 1.29 is 4.79 Å². The van der Waals surface area contributed by atoms with E-state index in [1.165, 1.54) is 0 Å². The molecule has 0 radical (unpaired) electrons. The molecule has 1 rings (SSSR count). The number of nitrogens with one attached hydrogen (secondary N) is 1. The lowest BCUT2D eigenvalue weighted by atomic mass is 10.2. The van der Waals surface area contributed by atoms with E-state index in [1.807, 2.05) is 6.92 Å². The molecule has 0 aromatic carbocycles. The largest absolute Gasteiger partial charge is 0.392 e. The first-order valence-electron chi connectivity index (χ1n) is 4.86. The van der Waals surface area contributed by atoms with Crippen LogP contribution in [-0.4, -0.2) is 27.9 Å². The normalized spacial score (nSPS) is 23.1. The third-order valence-corrected chi connectivity index (χ3v) is 3.95. The Hall–Kier alpha value is -0.290. The van der Waals surface area contributed by atoms with E-state index < -0.39 is 0 Å². The van der Waals surface area contributed by atoms with E-state index in [4.69, 9.17) is 18.0 Å². The van der Waals surface area contributed by atoms with Gasteiger partial charge in [0.1, 0.15) is 0 Å². The van der Waals surface area contributed by atoms with E-state index in [0.717, 1.165) is 25.0 Å². The van der Waals surface area contributed by atoms with Crippen molar-refractivity contribution in [2.75, 3.05) is 5.75 Å². The van der Waals surface area contributed by atoms with Gasteiger partial charge in [0.15, 0.2) is 0 Å². The van der Waals surface area contributed by atoms with Gasteiger partial charge >= 0.3 is 0 Å². The Morgan fingerprint density at radius 2 is 2.50 bits per heavy atom. The molecule has 2 atom stereocenters. The summed E-state index contributed by atoms with van der Waals surface area (Å²) in [6.45, 7) is 1.96. The molecule has 0 aromatic rings. The number of carbonyl (C=O) groups is 1. The molecule has 1 fully saturated rings. The summed E-state index contributed by atoms with van der Waals surface area (Å²) < 4.78 is 0. The fourth-order valence-electron chi connectivity index (χ4n) is 1.42. The van der Waals surface area contributed by atoms with Crippen molar-refractivity contribution in [3.63, 3.8) is 0 Å². The highest BCUT2D eigenvalue weighted by Gasteiger charge is 2.25. The van der Waals surface area contributed by atoms with E-state index >= 15 is 0 Å². The molecule has 1 amide bonds. The lowest BCUT2D eigenvalue weighted by Crippen LogP contribution is -2.45. The molecule has 0 saturated carbocycles. The second-order valence-corrected chi connectivity index (χ2v) is 5.16. The zero-order valence-electron chi connectivity index (χ0n) is 8.29. The fourth-order valence-corrected chi connectivity index (χ4v) is 2.82. The Kier molecular flexibility index (Phi) is 4.68. The van der Waals surface area contributed by atoms with Gasteiger partial charge in [-0.1, -0.05) is 19.1 Å². The average molecular weight is 232 g/mol. The van der Waals surface area contributed by atoms with Gasteiger partial charge in [-0.05, 0) is 25.0 Å². The third kappa shape index (κ3) is 3.13. The van der Waals surface area contributed by atoms with E-state index in [1.54, 1.807) is 11.8 Å². The van der Waals surface area contributed by atoms with Crippen LogP contribution in [0.25, 0.3) is 0 Å². The quantitative estimate of drug-likeness (QED) is 0.712. The van der Waals surface area contributed by atoms with Gasteiger partial charge in [-0.3, -0.25) is 4.79 Å². The first-order chi connectivity index (χ1) is 6.65. The van der Waals surface area contributed by atoms with Crippen LogP contribution in [0.2, 0.25) is 0 Å². The molecule has 0 aliphatic carbocycles. The molecule has 80 valence electrons. The Morgan fingerprint density at radius 3 is 2.93 bits per heavy atom. The molecule has 0 spiro atoms.